The number of benzene rings is 3. The maximum atomic E-state index is 13.0. The Morgan fingerprint density at radius 1 is 0.947 bits per heavy atom. The van der Waals surface area contributed by atoms with E-state index in [2.05, 4.69) is 16.3 Å². The fourth-order valence-electron chi connectivity index (χ4n) is 5.27. The Labute approximate surface area is 223 Å². The van der Waals surface area contributed by atoms with Crippen LogP contribution in [0.5, 0.6) is 0 Å². The predicted molar refractivity (Wildman–Crippen MR) is 147 cm³/mol. The molecule has 3 aromatic carbocycles. The molecule has 2 aliphatic heterocycles. The fraction of sp³-hybridized carbons (Fsp3) is 0.323. The van der Waals surface area contributed by atoms with Crippen LogP contribution in [-0.2, 0) is 17.6 Å². The molecular formula is C31H32N4O3. The number of hydrogen-bond acceptors (Lipinski definition) is 5. The van der Waals surface area contributed by atoms with E-state index in [1.165, 1.54) is 0 Å². The molecule has 0 unspecified atom stereocenters. The number of rotatable bonds is 7. The van der Waals surface area contributed by atoms with Gasteiger partial charge in [-0.2, -0.15) is 5.26 Å². The first-order valence-corrected chi connectivity index (χ1v) is 13.2. The molecule has 5 rings (SSSR count). The largest absolute Gasteiger partial charge is 0.446 e. The molecule has 2 aliphatic rings. The van der Waals surface area contributed by atoms with E-state index in [0.717, 1.165) is 72.4 Å². The Morgan fingerprint density at radius 2 is 1.71 bits per heavy atom. The number of para-hydroxylation sites is 1. The topological polar surface area (TPSA) is 85.7 Å². The van der Waals surface area contributed by atoms with Gasteiger partial charge in [-0.1, -0.05) is 60.7 Å². The van der Waals surface area contributed by atoms with Crippen LogP contribution in [0.2, 0.25) is 0 Å². The van der Waals surface area contributed by atoms with Crippen molar-refractivity contribution in [3.63, 3.8) is 0 Å². The normalized spacial score (nSPS) is 16.0. The summed E-state index contributed by atoms with van der Waals surface area (Å²) >= 11 is 0. The highest BCUT2D eigenvalue weighted by atomic mass is 16.6. The number of ether oxygens (including phenoxy) is 1. The molecule has 3 aromatic rings. The number of carbonyl (C=O) groups is 2. The van der Waals surface area contributed by atoms with Crippen LogP contribution in [-0.4, -0.2) is 60.6 Å². The quantitative estimate of drug-likeness (QED) is 0.478. The molecule has 7 heteroatoms. The van der Waals surface area contributed by atoms with Gasteiger partial charge in [0.05, 0.1) is 18.2 Å². The smallest absolute Gasteiger partial charge is 0.411 e. The van der Waals surface area contributed by atoms with Crippen molar-refractivity contribution in [2.45, 2.75) is 31.8 Å². The van der Waals surface area contributed by atoms with Crippen LogP contribution in [0.1, 0.15) is 34.3 Å². The number of fused-ring (bicyclic) bond motifs is 1. The van der Waals surface area contributed by atoms with E-state index in [-0.39, 0.29) is 12.0 Å². The SMILES string of the molecule is N#CCc1ccc2c(c1)CCN(CCN1CCC(OC(=O)Nc3ccccc3-c3ccccc3)CC1)C2=O. The van der Waals surface area contributed by atoms with Crippen molar-refractivity contribution in [3.8, 4) is 17.2 Å². The maximum absolute atomic E-state index is 13.0. The molecular weight excluding hydrogens is 476 g/mol. The minimum atomic E-state index is -0.428. The first kappa shape index (κ1) is 25.5. The summed E-state index contributed by atoms with van der Waals surface area (Å²) in [5.74, 6) is 0.0698. The molecule has 1 fully saturated rings. The molecule has 0 aromatic heterocycles. The molecule has 7 nitrogen and oxygen atoms in total. The van der Waals surface area contributed by atoms with E-state index in [1.807, 2.05) is 77.7 Å². The summed E-state index contributed by atoms with van der Waals surface area (Å²) < 4.78 is 5.75. The van der Waals surface area contributed by atoms with Crippen molar-refractivity contribution in [2.24, 2.45) is 0 Å². The second-order valence-corrected chi connectivity index (χ2v) is 9.85. The number of nitriles is 1. The lowest BCUT2D eigenvalue weighted by atomic mass is 9.96. The fourth-order valence-corrected chi connectivity index (χ4v) is 5.27. The van der Waals surface area contributed by atoms with E-state index >= 15 is 0 Å². The minimum Gasteiger partial charge on any atom is -0.446 e. The number of amides is 2. The molecule has 194 valence electrons. The number of hydrogen-bond donors (Lipinski definition) is 1. The highest BCUT2D eigenvalue weighted by Crippen LogP contribution is 2.28. The number of nitrogens with one attached hydrogen (secondary N) is 1. The molecule has 2 heterocycles. The summed E-state index contributed by atoms with van der Waals surface area (Å²) in [5, 5.41) is 11.8. The van der Waals surface area contributed by atoms with Crippen molar-refractivity contribution in [1.29, 1.82) is 5.26 Å². The standard InChI is InChI=1S/C31H32N4O3/c32-16-12-23-10-11-28-25(22-23)13-19-35(30(28)36)21-20-34-17-14-26(15-18-34)38-31(37)33-29-9-5-4-8-27(29)24-6-2-1-3-7-24/h1-11,22,26H,12-15,17-21H2,(H,33,37). The summed E-state index contributed by atoms with van der Waals surface area (Å²) in [4.78, 5) is 29.9. The van der Waals surface area contributed by atoms with E-state index < -0.39 is 6.09 Å². The molecule has 1 saturated heterocycles. The van der Waals surface area contributed by atoms with E-state index in [4.69, 9.17) is 10.00 Å². The Bertz CT molecular complexity index is 1330. The molecule has 0 aliphatic carbocycles. The van der Waals surface area contributed by atoms with Gasteiger partial charge in [-0.05, 0) is 48.1 Å². The number of nitrogens with zero attached hydrogens (tertiary/aromatic N) is 3. The van der Waals surface area contributed by atoms with Gasteiger partial charge in [0.1, 0.15) is 6.10 Å². The summed E-state index contributed by atoms with van der Waals surface area (Å²) in [5.41, 5.74) is 5.49. The van der Waals surface area contributed by atoms with Crippen LogP contribution in [0.4, 0.5) is 10.5 Å². The van der Waals surface area contributed by atoms with E-state index in [9.17, 15) is 9.59 Å². The van der Waals surface area contributed by atoms with Gasteiger partial charge in [0.25, 0.3) is 5.91 Å². The lowest BCUT2D eigenvalue weighted by molar-refractivity contribution is 0.0517. The highest BCUT2D eigenvalue weighted by Gasteiger charge is 2.27. The van der Waals surface area contributed by atoms with Crippen molar-refractivity contribution >= 4 is 17.7 Å². The van der Waals surface area contributed by atoms with Crippen LogP contribution in [0.25, 0.3) is 11.1 Å². The van der Waals surface area contributed by atoms with Crippen LogP contribution >= 0.6 is 0 Å². The highest BCUT2D eigenvalue weighted by molar-refractivity contribution is 5.97. The van der Waals surface area contributed by atoms with Crippen molar-refractivity contribution in [1.82, 2.24) is 9.80 Å². The maximum Gasteiger partial charge on any atom is 0.411 e. The first-order valence-electron chi connectivity index (χ1n) is 13.2. The number of likely N-dealkylation sites (tertiary alicyclic amines) is 1. The summed E-state index contributed by atoms with van der Waals surface area (Å²) in [6.07, 6.45) is 2.17. The van der Waals surface area contributed by atoms with Gasteiger partial charge in [0, 0.05) is 43.9 Å². The van der Waals surface area contributed by atoms with Crippen LogP contribution in [0.3, 0.4) is 0 Å². The molecule has 0 bridgehead atoms. The summed E-state index contributed by atoms with van der Waals surface area (Å²) in [6.45, 7) is 3.84. The van der Waals surface area contributed by atoms with Crippen LogP contribution in [0.15, 0.2) is 72.8 Å². The summed E-state index contributed by atoms with van der Waals surface area (Å²) in [6, 6.07) is 25.6. The van der Waals surface area contributed by atoms with Gasteiger partial charge in [-0.15, -0.1) is 0 Å². The Hall–Kier alpha value is -4.15. The zero-order chi connectivity index (χ0) is 26.3. The van der Waals surface area contributed by atoms with Crippen molar-refractivity contribution in [2.75, 3.05) is 38.0 Å². The Kier molecular flexibility index (Phi) is 8.01. The third kappa shape index (κ3) is 6.04. The number of piperidine rings is 1. The molecule has 1 N–H and O–H groups in total. The monoisotopic (exact) mass is 508 g/mol. The van der Waals surface area contributed by atoms with Gasteiger partial charge in [-0.3, -0.25) is 10.1 Å². The third-order valence-corrected chi connectivity index (χ3v) is 7.36. The van der Waals surface area contributed by atoms with Gasteiger partial charge >= 0.3 is 6.09 Å². The molecule has 0 atom stereocenters. The Balaban J connectivity index is 1.08. The van der Waals surface area contributed by atoms with Crippen LogP contribution in [0, 0.1) is 11.3 Å². The molecule has 38 heavy (non-hydrogen) atoms. The second-order valence-electron chi connectivity index (χ2n) is 9.85. The molecule has 2 amide bonds. The molecule has 0 spiro atoms. The van der Waals surface area contributed by atoms with Crippen molar-refractivity contribution in [3.05, 3.63) is 89.5 Å². The number of carbonyl (C=O) groups excluding carboxylic acids is 2. The first-order chi connectivity index (χ1) is 18.6. The predicted octanol–water partition coefficient (Wildman–Crippen LogP) is 5.13. The molecule has 0 radical (unpaired) electrons. The van der Waals surface area contributed by atoms with E-state index in [1.54, 1.807) is 0 Å². The number of anilines is 1. The van der Waals surface area contributed by atoms with Crippen LogP contribution < -0.4 is 5.32 Å². The van der Waals surface area contributed by atoms with E-state index in [0.29, 0.717) is 19.5 Å². The van der Waals surface area contributed by atoms with Gasteiger partial charge in [0.15, 0.2) is 0 Å². The van der Waals surface area contributed by atoms with Gasteiger partial charge in [-0.25, -0.2) is 4.79 Å². The average molecular weight is 509 g/mol. The van der Waals surface area contributed by atoms with Crippen molar-refractivity contribution < 1.29 is 14.3 Å². The summed E-state index contributed by atoms with van der Waals surface area (Å²) in [7, 11) is 0. The lowest BCUT2D eigenvalue weighted by Crippen LogP contribution is -2.45. The zero-order valence-corrected chi connectivity index (χ0v) is 21.4. The lowest BCUT2D eigenvalue weighted by Gasteiger charge is -2.34. The average Bonchev–Trinajstić information content (AvgIpc) is 2.94. The van der Waals surface area contributed by atoms with Gasteiger partial charge < -0.3 is 14.5 Å². The third-order valence-electron chi connectivity index (χ3n) is 7.36. The zero-order valence-electron chi connectivity index (χ0n) is 21.4. The second kappa shape index (κ2) is 11.9. The Morgan fingerprint density at radius 3 is 2.50 bits per heavy atom. The molecule has 0 saturated carbocycles. The van der Waals surface area contributed by atoms with Gasteiger partial charge in [0.2, 0.25) is 0 Å². The minimum absolute atomic E-state index is 0.0698.